The highest BCUT2D eigenvalue weighted by Gasteiger charge is 2.24. The molecule has 0 spiro atoms. The Hall–Kier alpha value is -1.65. The molecule has 0 fully saturated rings. The molecule has 0 bridgehead atoms. The van der Waals surface area contributed by atoms with Crippen molar-refractivity contribution < 1.29 is 9.90 Å². The molecule has 0 aliphatic carbocycles. The van der Waals surface area contributed by atoms with E-state index in [2.05, 4.69) is 10.3 Å². The van der Waals surface area contributed by atoms with Gasteiger partial charge in [0.25, 0.3) is 0 Å². The highest BCUT2D eigenvalue weighted by atomic mass is 35.5. The number of hydrogen-bond acceptors (Lipinski definition) is 3. The summed E-state index contributed by atoms with van der Waals surface area (Å²) in [5.41, 5.74) is 1.96. The van der Waals surface area contributed by atoms with Crippen molar-refractivity contribution in [2.45, 2.75) is 12.5 Å². The summed E-state index contributed by atoms with van der Waals surface area (Å²) < 4.78 is 0. The second kappa shape index (κ2) is 4.92. The van der Waals surface area contributed by atoms with Gasteiger partial charge in [0.1, 0.15) is 6.04 Å². The van der Waals surface area contributed by atoms with Gasteiger partial charge in [0.05, 0.1) is 11.1 Å². The smallest absolute Gasteiger partial charge is 0.321 e. The minimum absolute atomic E-state index is 0. The monoisotopic (exact) mass is 264 g/mol. The maximum absolute atomic E-state index is 11.1. The van der Waals surface area contributed by atoms with Gasteiger partial charge in [-0.3, -0.25) is 4.79 Å². The average Bonchev–Trinajstić information content (AvgIpc) is 2.53. The molecule has 0 radical (unpaired) electrons. The summed E-state index contributed by atoms with van der Waals surface area (Å²) in [6.07, 6.45) is 2.44. The quantitative estimate of drug-likeness (QED) is 0.763. The lowest BCUT2D eigenvalue weighted by Gasteiger charge is -2.10. The summed E-state index contributed by atoms with van der Waals surface area (Å²) >= 11 is 0. The molecule has 1 atom stereocenters. The van der Waals surface area contributed by atoms with Gasteiger partial charge < -0.3 is 10.4 Å². The highest BCUT2D eigenvalue weighted by Crippen LogP contribution is 2.21. The van der Waals surface area contributed by atoms with Gasteiger partial charge in [-0.2, -0.15) is 0 Å². The molecule has 94 valence electrons. The van der Waals surface area contributed by atoms with Crippen molar-refractivity contribution in [1.29, 1.82) is 0 Å². The number of carboxylic acid groups (broad SMARTS) is 1. The number of fused-ring (bicyclic) bond motifs is 2. The lowest BCUT2D eigenvalue weighted by atomic mass is 10.0. The predicted octanol–water partition coefficient (Wildman–Crippen LogP) is 0.223. The third-order valence-corrected chi connectivity index (χ3v) is 3.15. The van der Waals surface area contributed by atoms with Gasteiger partial charge in [-0.15, -0.1) is 12.4 Å². The fourth-order valence-electron chi connectivity index (χ4n) is 2.29. The van der Waals surface area contributed by atoms with Crippen molar-refractivity contribution in [3.05, 3.63) is 46.6 Å². The number of aliphatic carboxylic acids is 1. The molecule has 2 N–H and O–H groups in total. The summed E-state index contributed by atoms with van der Waals surface area (Å²) in [6, 6.07) is 7.33. The molecule has 2 heterocycles. The van der Waals surface area contributed by atoms with E-state index in [4.69, 9.17) is 5.11 Å². The largest absolute Gasteiger partial charge is 0.480 e. The van der Waals surface area contributed by atoms with Gasteiger partial charge in [-0.05, 0) is 17.7 Å². The molecule has 3 rings (SSSR count). The molecule has 1 unspecified atom stereocenters. The van der Waals surface area contributed by atoms with E-state index < -0.39 is 12.0 Å². The molecule has 2 aliphatic rings. The Morgan fingerprint density at radius 2 is 2.17 bits per heavy atom. The second-order valence-corrected chi connectivity index (χ2v) is 4.20. The summed E-state index contributed by atoms with van der Waals surface area (Å²) in [5.74, 6) is -0.809. The van der Waals surface area contributed by atoms with Crippen molar-refractivity contribution in [2.75, 3.05) is 6.54 Å². The van der Waals surface area contributed by atoms with Crippen LogP contribution in [-0.2, 0) is 4.79 Å². The van der Waals surface area contributed by atoms with Crippen molar-refractivity contribution in [3.8, 4) is 0 Å². The number of nitrogens with zero attached hydrogens (tertiary/aromatic N) is 1. The molecule has 2 aliphatic heterocycles. The lowest BCUT2D eigenvalue weighted by molar-refractivity contribution is -0.139. The Labute approximate surface area is 110 Å². The van der Waals surface area contributed by atoms with E-state index in [0.717, 1.165) is 21.8 Å². The van der Waals surface area contributed by atoms with Crippen LogP contribution in [0.15, 0.2) is 41.0 Å². The zero-order valence-corrected chi connectivity index (χ0v) is 10.4. The van der Waals surface area contributed by atoms with Crippen LogP contribution in [0.1, 0.15) is 6.42 Å². The molecule has 1 aromatic rings. The van der Waals surface area contributed by atoms with Crippen LogP contribution in [0.2, 0.25) is 0 Å². The van der Waals surface area contributed by atoms with E-state index in [0.29, 0.717) is 13.0 Å². The lowest BCUT2D eigenvalue weighted by Crippen LogP contribution is -2.36. The first-order valence-electron chi connectivity index (χ1n) is 5.59. The van der Waals surface area contributed by atoms with E-state index in [1.165, 1.54) is 0 Å². The normalized spacial score (nSPS) is 20.8. The molecule has 0 saturated heterocycles. The average molecular weight is 265 g/mol. The van der Waals surface area contributed by atoms with Gasteiger partial charge >= 0.3 is 5.97 Å². The molecular formula is C13H13ClN2O2. The molecule has 0 aromatic heterocycles. The number of carboxylic acids is 1. The highest BCUT2D eigenvalue weighted by molar-refractivity contribution is 5.85. The number of para-hydroxylation sites is 1. The summed E-state index contributed by atoms with van der Waals surface area (Å²) in [5, 5.41) is 14.1. The van der Waals surface area contributed by atoms with Gasteiger partial charge in [0, 0.05) is 18.2 Å². The van der Waals surface area contributed by atoms with Crippen LogP contribution in [0.25, 0.3) is 5.57 Å². The Balaban J connectivity index is 0.00000120. The van der Waals surface area contributed by atoms with Crippen molar-refractivity contribution >= 4 is 23.9 Å². The molecule has 18 heavy (non-hydrogen) atoms. The number of rotatable bonds is 1. The van der Waals surface area contributed by atoms with Gasteiger partial charge in [-0.1, -0.05) is 18.2 Å². The van der Waals surface area contributed by atoms with Crippen molar-refractivity contribution in [2.24, 2.45) is 4.99 Å². The van der Waals surface area contributed by atoms with E-state index in [9.17, 15) is 4.79 Å². The molecule has 0 saturated carbocycles. The minimum atomic E-state index is -0.809. The van der Waals surface area contributed by atoms with E-state index in [1.807, 2.05) is 30.3 Å². The predicted molar refractivity (Wildman–Crippen MR) is 70.0 cm³/mol. The first kappa shape index (κ1) is 12.8. The van der Waals surface area contributed by atoms with Crippen LogP contribution < -0.4 is 15.9 Å². The topological polar surface area (TPSA) is 61.7 Å². The van der Waals surface area contributed by atoms with Crippen LogP contribution in [0.5, 0.6) is 0 Å². The molecule has 5 heteroatoms. The number of hydrogen-bond donors (Lipinski definition) is 2. The Morgan fingerprint density at radius 1 is 1.39 bits per heavy atom. The first-order valence-corrected chi connectivity index (χ1v) is 5.59. The van der Waals surface area contributed by atoms with Crippen LogP contribution >= 0.6 is 12.4 Å². The van der Waals surface area contributed by atoms with Gasteiger partial charge in [0.15, 0.2) is 0 Å². The molecule has 4 nitrogen and oxygen atoms in total. The zero-order valence-electron chi connectivity index (χ0n) is 9.59. The molecule has 1 aromatic carbocycles. The van der Waals surface area contributed by atoms with Gasteiger partial charge in [0.2, 0.25) is 0 Å². The second-order valence-electron chi connectivity index (χ2n) is 4.20. The number of benzene rings is 1. The number of halogens is 1. The Bertz CT molecular complexity index is 637. The number of carbonyl (C=O) groups is 1. The van der Waals surface area contributed by atoms with Gasteiger partial charge in [-0.25, -0.2) is 4.99 Å². The van der Waals surface area contributed by atoms with Crippen molar-refractivity contribution in [3.63, 3.8) is 0 Å². The Kier molecular flexibility index (Phi) is 3.50. The fourth-order valence-corrected chi connectivity index (χ4v) is 2.29. The first-order chi connectivity index (χ1) is 8.25. The Morgan fingerprint density at radius 3 is 2.94 bits per heavy atom. The number of nitrogens with one attached hydrogen (secondary N) is 1. The summed E-state index contributed by atoms with van der Waals surface area (Å²) in [7, 11) is 0. The van der Waals surface area contributed by atoms with E-state index in [1.54, 1.807) is 0 Å². The third kappa shape index (κ3) is 2.05. The van der Waals surface area contributed by atoms with E-state index in [-0.39, 0.29) is 12.4 Å². The summed E-state index contributed by atoms with van der Waals surface area (Å²) in [4.78, 5) is 15.6. The van der Waals surface area contributed by atoms with Crippen LogP contribution in [0.3, 0.4) is 0 Å². The maximum Gasteiger partial charge on any atom is 0.321 e. The molecular weight excluding hydrogens is 252 g/mol. The number of allylic oxidation sites excluding steroid dienone is 1. The van der Waals surface area contributed by atoms with Crippen molar-refractivity contribution in [1.82, 2.24) is 5.32 Å². The standard InChI is InChI=1S/C13H12N2O2.ClH/c16-13(17)12-7-9-8-3-1-2-4-10(8)15-11(9)5-6-14-12;/h1-5,12,14H,6-7H2,(H,16,17);1H. The minimum Gasteiger partial charge on any atom is -0.480 e. The van der Waals surface area contributed by atoms with E-state index >= 15 is 0 Å². The summed E-state index contributed by atoms with van der Waals surface area (Å²) in [6.45, 7) is 0.549. The molecule has 0 amide bonds. The zero-order chi connectivity index (χ0) is 11.8. The van der Waals surface area contributed by atoms with Crippen LogP contribution in [0.4, 0.5) is 0 Å². The van der Waals surface area contributed by atoms with Crippen LogP contribution in [-0.4, -0.2) is 23.7 Å². The van der Waals surface area contributed by atoms with Crippen LogP contribution in [0, 0.1) is 0 Å². The third-order valence-electron chi connectivity index (χ3n) is 3.15. The fraction of sp³-hybridized carbons (Fsp3) is 0.231. The SMILES string of the molecule is Cl.O=C(O)C1CC2=c3ccccc3=NC2=CCN1. The maximum atomic E-state index is 11.1.